The van der Waals surface area contributed by atoms with E-state index < -0.39 is 0 Å². The molecular weight excluding hydrogens is 258 g/mol. The summed E-state index contributed by atoms with van der Waals surface area (Å²) in [5.41, 5.74) is 4.90. The van der Waals surface area contributed by atoms with Gasteiger partial charge in [-0.25, -0.2) is 0 Å². The Bertz CT molecular complexity index is 563. The van der Waals surface area contributed by atoms with Crippen molar-refractivity contribution < 1.29 is 4.74 Å². The van der Waals surface area contributed by atoms with Crippen molar-refractivity contribution in [2.75, 3.05) is 20.2 Å². The standard InChI is InChI=1S/C19H25NO/c1-15-13-16(2)19(21-12-8-7-11-20-3)18(14-15)17-9-5-4-6-10-17/h4-6,9-10,13-14,20H,7-8,11-12H2,1-3H3. The van der Waals surface area contributed by atoms with Gasteiger partial charge < -0.3 is 10.1 Å². The molecule has 1 N–H and O–H groups in total. The van der Waals surface area contributed by atoms with E-state index in [4.69, 9.17) is 4.74 Å². The molecule has 112 valence electrons. The van der Waals surface area contributed by atoms with Gasteiger partial charge >= 0.3 is 0 Å². The summed E-state index contributed by atoms with van der Waals surface area (Å²) in [6, 6.07) is 14.9. The van der Waals surface area contributed by atoms with Crippen LogP contribution in [0.1, 0.15) is 24.0 Å². The van der Waals surface area contributed by atoms with E-state index in [0.717, 1.165) is 31.7 Å². The Morgan fingerprint density at radius 3 is 2.48 bits per heavy atom. The Balaban J connectivity index is 2.19. The normalized spacial score (nSPS) is 10.6. The number of ether oxygens (including phenoxy) is 1. The van der Waals surface area contributed by atoms with E-state index in [0.29, 0.717) is 0 Å². The Hall–Kier alpha value is -1.80. The molecule has 0 aliphatic rings. The van der Waals surface area contributed by atoms with Gasteiger partial charge in [0.15, 0.2) is 0 Å². The molecule has 2 aromatic rings. The maximum Gasteiger partial charge on any atom is 0.130 e. The van der Waals surface area contributed by atoms with Crippen LogP contribution in [0, 0.1) is 13.8 Å². The highest BCUT2D eigenvalue weighted by atomic mass is 16.5. The van der Waals surface area contributed by atoms with Gasteiger partial charge in [-0.2, -0.15) is 0 Å². The lowest BCUT2D eigenvalue weighted by Gasteiger charge is -2.15. The van der Waals surface area contributed by atoms with E-state index in [-0.39, 0.29) is 0 Å². The summed E-state index contributed by atoms with van der Waals surface area (Å²) >= 11 is 0. The molecule has 2 aromatic carbocycles. The van der Waals surface area contributed by atoms with Crippen LogP contribution in [0.2, 0.25) is 0 Å². The van der Waals surface area contributed by atoms with E-state index >= 15 is 0 Å². The van der Waals surface area contributed by atoms with Gasteiger partial charge in [0.1, 0.15) is 5.75 Å². The summed E-state index contributed by atoms with van der Waals surface area (Å²) in [5, 5.41) is 3.17. The lowest BCUT2D eigenvalue weighted by Crippen LogP contribution is -2.09. The second kappa shape index (κ2) is 7.84. The molecule has 2 heteroatoms. The molecule has 0 spiro atoms. The van der Waals surface area contributed by atoms with Crippen molar-refractivity contribution in [3.63, 3.8) is 0 Å². The molecular formula is C19H25NO. The van der Waals surface area contributed by atoms with Gasteiger partial charge in [-0.15, -0.1) is 0 Å². The number of benzene rings is 2. The lowest BCUT2D eigenvalue weighted by molar-refractivity contribution is 0.305. The van der Waals surface area contributed by atoms with Crippen LogP contribution in [0.25, 0.3) is 11.1 Å². The number of hydrogen-bond donors (Lipinski definition) is 1. The van der Waals surface area contributed by atoms with Gasteiger partial charge in [0.05, 0.1) is 6.61 Å². The first-order chi connectivity index (χ1) is 10.2. The summed E-state index contributed by atoms with van der Waals surface area (Å²) in [4.78, 5) is 0. The summed E-state index contributed by atoms with van der Waals surface area (Å²) in [6.07, 6.45) is 2.21. The molecule has 0 aromatic heterocycles. The van der Waals surface area contributed by atoms with Crippen molar-refractivity contribution >= 4 is 0 Å². The zero-order valence-corrected chi connectivity index (χ0v) is 13.3. The largest absolute Gasteiger partial charge is 0.493 e. The molecule has 0 fully saturated rings. The Morgan fingerprint density at radius 2 is 1.76 bits per heavy atom. The third kappa shape index (κ3) is 4.33. The van der Waals surface area contributed by atoms with Crippen molar-refractivity contribution in [2.45, 2.75) is 26.7 Å². The summed E-state index contributed by atoms with van der Waals surface area (Å²) in [7, 11) is 1.98. The quantitative estimate of drug-likeness (QED) is 0.763. The highest BCUT2D eigenvalue weighted by molar-refractivity contribution is 5.73. The molecule has 0 amide bonds. The fraction of sp³-hybridized carbons (Fsp3) is 0.368. The van der Waals surface area contributed by atoms with Crippen molar-refractivity contribution in [3.8, 4) is 16.9 Å². The average Bonchev–Trinajstić information content (AvgIpc) is 2.49. The van der Waals surface area contributed by atoms with Crippen LogP contribution in [0.15, 0.2) is 42.5 Å². The summed E-state index contributed by atoms with van der Waals surface area (Å²) in [5.74, 6) is 1.02. The highest BCUT2D eigenvalue weighted by Crippen LogP contribution is 2.34. The second-order valence-electron chi connectivity index (χ2n) is 5.48. The minimum atomic E-state index is 0.769. The van der Waals surface area contributed by atoms with Crippen LogP contribution >= 0.6 is 0 Å². The molecule has 2 rings (SSSR count). The first-order valence-corrected chi connectivity index (χ1v) is 7.66. The third-order valence-corrected chi connectivity index (χ3v) is 3.57. The average molecular weight is 283 g/mol. The topological polar surface area (TPSA) is 21.3 Å². The molecule has 0 atom stereocenters. The molecule has 21 heavy (non-hydrogen) atoms. The van der Waals surface area contributed by atoms with Gasteiger partial charge in [0, 0.05) is 5.56 Å². The van der Waals surface area contributed by atoms with Crippen LogP contribution in [-0.4, -0.2) is 20.2 Å². The van der Waals surface area contributed by atoms with E-state index in [1.165, 1.54) is 22.3 Å². The van der Waals surface area contributed by atoms with Crippen molar-refractivity contribution in [2.24, 2.45) is 0 Å². The minimum absolute atomic E-state index is 0.769. The molecule has 2 nitrogen and oxygen atoms in total. The number of nitrogens with one attached hydrogen (secondary N) is 1. The molecule has 0 heterocycles. The Morgan fingerprint density at radius 1 is 1.00 bits per heavy atom. The fourth-order valence-electron chi connectivity index (χ4n) is 2.56. The zero-order valence-electron chi connectivity index (χ0n) is 13.3. The molecule has 0 radical (unpaired) electrons. The maximum absolute atomic E-state index is 6.10. The van der Waals surface area contributed by atoms with Crippen LogP contribution in [0.4, 0.5) is 0 Å². The van der Waals surface area contributed by atoms with Crippen LogP contribution in [0.5, 0.6) is 5.75 Å². The van der Waals surface area contributed by atoms with Crippen molar-refractivity contribution in [1.29, 1.82) is 0 Å². The van der Waals surface area contributed by atoms with E-state index in [1.54, 1.807) is 0 Å². The number of unbranched alkanes of at least 4 members (excludes halogenated alkanes) is 1. The predicted molar refractivity (Wildman–Crippen MR) is 90.0 cm³/mol. The van der Waals surface area contributed by atoms with Crippen LogP contribution < -0.4 is 10.1 Å². The van der Waals surface area contributed by atoms with Crippen molar-refractivity contribution in [1.82, 2.24) is 5.32 Å². The SMILES string of the molecule is CNCCCCOc1c(C)cc(C)cc1-c1ccccc1. The van der Waals surface area contributed by atoms with Crippen molar-refractivity contribution in [3.05, 3.63) is 53.6 Å². The van der Waals surface area contributed by atoms with E-state index in [2.05, 4.69) is 55.6 Å². The third-order valence-electron chi connectivity index (χ3n) is 3.57. The molecule has 0 aliphatic heterocycles. The van der Waals surface area contributed by atoms with E-state index in [9.17, 15) is 0 Å². The summed E-state index contributed by atoms with van der Waals surface area (Å²) in [6.45, 7) is 6.08. The number of aryl methyl sites for hydroxylation is 2. The monoisotopic (exact) mass is 283 g/mol. The molecule has 0 aliphatic carbocycles. The summed E-state index contributed by atoms with van der Waals surface area (Å²) < 4.78 is 6.10. The predicted octanol–water partition coefficient (Wildman–Crippen LogP) is 4.35. The van der Waals surface area contributed by atoms with E-state index in [1.807, 2.05) is 13.1 Å². The Labute approximate surface area is 128 Å². The first-order valence-electron chi connectivity index (χ1n) is 7.66. The molecule has 0 saturated carbocycles. The van der Waals surface area contributed by atoms with Gasteiger partial charge in [0.2, 0.25) is 0 Å². The molecule has 0 unspecified atom stereocenters. The fourth-order valence-corrected chi connectivity index (χ4v) is 2.56. The maximum atomic E-state index is 6.10. The van der Waals surface area contributed by atoms with Gasteiger partial charge in [-0.1, -0.05) is 36.4 Å². The number of hydrogen-bond acceptors (Lipinski definition) is 2. The minimum Gasteiger partial charge on any atom is -0.493 e. The second-order valence-corrected chi connectivity index (χ2v) is 5.48. The first kappa shape index (κ1) is 15.6. The van der Waals surface area contributed by atoms with Gasteiger partial charge in [-0.3, -0.25) is 0 Å². The van der Waals surface area contributed by atoms with Crippen LogP contribution in [-0.2, 0) is 0 Å². The van der Waals surface area contributed by atoms with Crippen LogP contribution in [0.3, 0.4) is 0 Å². The smallest absolute Gasteiger partial charge is 0.130 e. The Kier molecular flexibility index (Phi) is 5.82. The molecule has 0 saturated heterocycles. The van der Waals surface area contributed by atoms with Gasteiger partial charge in [-0.05, 0) is 63.0 Å². The number of rotatable bonds is 7. The molecule has 0 bridgehead atoms. The lowest BCUT2D eigenvalue weighted by atomic mass is 9.99. The zero-order chi connectivity index (χ0) is 15.1. The highest BCUT2D eigenvalue weighted by Gasteiger charge is 2.10. The van der Waals surface area contributed by atoms with Gasteiger partial charge in [0.25, 0.3) is 0 Å².